The Morgan fingerprint density at radius 2 is 1.85 bits per heavy atom. The first-order valence-corrected chi connectivity index (χ1v) is 9.16. The molecule has 0 saturated carbocycles. The summed E-state index contributed by atoms with van der Waals surface area (Å²) in [4.78, 5) is 50.7. The number of nitrogens with zero attached hydrogens (tertiary/aromatic N) is 5. The molecule has 27 heavy (non-hydrogen) atoms. The highest BCUT2D eigenvalue weighted by Gasteiger charge is 2.21. The number of rotatable bonds is 2. The van der Waals surface area contributed by atoms with Crippen LogP contribution in [0.3, 0.4) is 0 Å². The second kappa shape index (κ2) is 5.74. The number of imidazole rings is 1. The van der Waals surface area contributed by atoms with Gasteiger partial charge in [-0.25, -0.2) is 14.8 Å². The lowest BCUT2D eigenvalue weighted by Gasteiger charge is -2.14. The lowest BCUT2D eigenvalue weighted by molar-refractivity contribution is 0.610. The number of aryl methyl sites for hydroxylation is 3. The molecule has 0 aliphatic carbocycles. The summed E-state index contributed by atoms with van der Waals surface area (Å²) in [7, 11) is 2.99. The Morgan fingerprint density at radius 1 is 1.15 bits per heavy atom. The van der Waals surface area contributed by atoms with Crippen LogP contribution in [-0.2, 0) is 14.1 Å². The predicted molar refractivity (Wildman–Crippen MR) is 104 cm³/mol. The first-order valence-electron chi connectivity index (χ1n) is 8.34. The first-order chi connectivity index (χ1) is 12.7. The molecule has 1 unspecified atom stereocenters. The molecule has 0 radical (unpaired) electrons. The molecule has 0 spiro atoms. The van der Waals surface area contributed by atoms with Gasteiger partial charge in [0.25, 0.3) is 11.1 Å². The minimum atomic E-state index is -0.444. The Bertz CT molecular complexity index is 1400. The van der Waals surface area contributed by atoms with Gasteiger partial charge in [-0.2, -0.15) is 0 Å². The van der Waals surface area contributed by atoms with Crippen molar-refractivity contribution in [2.45, 2.75) is 26.8 Å². The van der Waals surface area contributed by atoms with Crippen LogP contribution in [-0.4, -0.2) is 28.7 Å². The van der Waals surface area contributed by atoms with Crippen molar-refractivity contribution in [3.05, 3.63) is 53.8 Å². The molecule has 0 fully saturated rings. The van der Waals surface area contributed by atoms with Crippen LogP contribution in [0.2, 0.25) is 0 Å². The number of hydrogen-bond donors (Lipinski definition) is 1. The maximum absolute atomic E-state index is 12.6. The van der Waals surface area contributed by atoms with Crippen LogP contribution in [0, 0.1) is 13.8 Å². The summed E-state index contributed by atoms with van der Waals surface area (Å²) < 4.78 is 4.00. The molecule has 0 amide bonds. The van der Waals surface area contributed by atoms with Crippen LogP contribution in [0.4, 0.5) is 0 Å². The smallest absolute Gasteiger partial charge is 0.314 e. The summed E-state index contributed by atoms with van der Waals surface area (Å²) in [5.41, 5.74) is 0.425. The van der Waals surface area contributed by atoms with Gasteiger partial charge < -0.3 is 9.55 Å². The maximum atomic E-state index is 12.6. The molecule has 0 bridgehead atoms. The minimum absolute atomic E-state index is 0.201. The van der Waals surface area contributed by atoms with Crippen LogP contribution in [0.15, 0.2) is 20.7 Å². The highest BCUT2D eigenvalue weighted by Crippen LogP contribution is 2.27. The van der Waals surface area contributed by atoms with Crippen molar-refractivity contribution in [2.24, 2.45) is 14.1 Å². The topological polar surface area (TPSA) is 108 Å². The van der Waals surface area contributed by atoms with E-state index in [1.54, 1.807) is 11.6 Å². The van der Waals surface area contributed by atoms with Gasteiger partial charge in [0.05, 0.1) is 17.8 Å². The molecular weight excluding hydrogens is 368 g/mol. The fraction of sp³-hybridized carbons (Fsp3) is 0.353. The molecule has 0 aliphatic rings. The van der Waals surface area contributed by atoms with Gasteiger partial charge in [0, 0.05) is 19.0 Å². The molecule has 4 aromatic rings. The minimum Gasteiger partial charge on any atom is -0.314 e. The highest BCUT2D eigenvalue weighted by atomic mass is 32.1. The average Bonchev–Trinajstić information content (AvgIpc) is 3.19. The van der Waals surface area contributed by atoms with Crippen molar-refractivity contribution in [3.8, 4) is 0 Å². The highest BCUT2D eigenvalue weighted by molar-refractivity contribution is 7.18. The Balaban J connectivity index is 1.98. The van der Waals surface area contributed by atoms with Crippen molar-refractivity contribution in [1.82, 2.24) is 28.7 Å². The molecule has 0 saturated heterocycles. The van der Waals surface area contributed by atoms with E-state index >= 15 is 0 Å². The van der Waals surface area contributed by atoms with E-state index in [0.717, 1.165) is 15.0 Å². The number of aromatic amines is 1. The molecule has 10 heteroatoms. The normalized spacial score (nSPS) is 12.9. The largest absolute Gasteiger partial charge is 0.332 e. The van der Waals surface area contributed by atoms with Crippen LogP contribution in [0.1, 0.15) is 29.2 Å². The van der Waals surface area contributed by atoms with E-state index in [1.165, 1.54) is 29.3 Å². The summed E-state index contributed by atoms with van der Waals surface area (Å²) in [6, 6.07) is -0.444. The fourth-order valence-electron chi connectivity index (χ4n) is 3.26. The summed E-state index contributed by atoms with van der Waals surface area (Å²) in [6.07, 6.45) is 1.49. The molecule has 4 aromatic heterocycles. The van der Waals surface area contributed by atoms with Gasteiger partial charge >= 0.3 is 5.69 Å². The zero-order chi connectivity index (χ0) is 19.6. The molecule has 1 N–H and O–H groups in total. The van der Waals surface area contributed by atoms with E-state index in [-0.39, 0.29) is 11.1 Å². The summed E-state index contributed by atoms with van der Waals surface area (Å²) in [5.74, 6) is 0.434. The Kier molecular flexibility index (Phi) is 3.70. The van der Waals surface area contributed by atoms with Gasteiger partial charge in [0.2, 0.25) is 0 Å². The van der Waals surface area contributed by atoms with E-state index in [9.17, 15) is 14.4 Å². The van der Waals surface area contributed by atoms with Gasteiger partial charge in [-0.15, -0.1) is 11.3 Å². The van der Waals surface area contributed by atoms with Crippen LogP contribution < -0.4 is 16.8 Å². The van der Waals surface area contributed by atoms with Crippen molar-refractivity contribution < 1.29 is 0 Å². The van der Waals surface area contributed by atoms with E-state index in [2.05, 4.69) is 15.0 Å². The first kappa shape index (κ1) is 17.4. The van der Waals surface area contributed by atoms with Crippen molar-refractivity contribution >= 4 is 32.7 Å². The number of hydrogen-bond acceptors (Lipinski definition) is 6. The Labute approximate surface area is 156 Å². The Morgan fingerprint density at radius 3 is 2.56 bits per heavy atom. The summed E-state index contributed by atoms with van der Waals surface area (Å²) in [5, 5.41) is 0.599. The average molecular weight is 386 g/mol. The molecule has 4 rings (SSSR count). The van der Waals surface area contributed by atoms with Crippen molar-refractivity contribution in [1.29, 1.82) is 0 Å². The number of thiophene rings is 1. The zero-order valence-corrected chi connectivity index (χ0v) is 16.3. The van der Waals surface area contributed by atoms with E-state index in [4.69, 9.17) is 0 Å². The number of fused-ring (bicyclic) bond motifs is 2. The number of H-pyrrole nitrogens is 1. The molecule has 0 aliphatic heterocycles. The van der Waals surface area contributed by atoms with Crippen molar-refractivity contribution in [3.63, 3.8) is 0 Å². The molecule has 9 nitrogen and oxygen atoms in total. The fourth-order valence-corrected chi connectivity index (χ4v) is 4.30. The van der Waals surface area contributed by atoms with E-state index < -0.39 is 17.3 Å². The predicted octanol–water partition coefficient (Wildman–Crippen LogP) is 0.958. The summed E-state index contributed by atoms with van der Waals surface area (Å²) in [6.45, 7) is 5.68. The van der Waals surface area contributed by atoms with Crippen LogP contribution in [0.25, 0.3) is 21.4 Å². The molecule has 4 heterocycles. The maximum Gasteiger partial charge on any atom is 0.332 e. The Hall–Kier alpha value is -3.01. The standard InChI is InChI=1S/C17H18N6O3S/c1-7-9(3)27-15-10(7)14(24)19-12(20-15)8(2)23-6-18-13-11(23)16(25)22(5)17(26)21(13)4/h6,8H,1-5H3,(H,19,20,24). The van der Waals surface area contributed by atoms with E-state index in [1.807, 2.05) is 20.8 Å². The quantitative estimate of drug-likeness (QED) is 0.552. The molecule has 0 aromatic carbocycles. The van der Waals surface area contributed by atoms with Crippen LogP contribution in [0.5, 0.6) is 0 Å². The monoisotopic (exact) mass is 386 g/mol. The van der Waals surface area contributed by atoms with Crippen LogP contribution >= 0.6 is 11.3 Å². The number of nitrogens with one attached hydrogen (secondary N) is 1. The molecular formula is C17H18N6O3S. The third-order valence-electron chi connectivity index (χ3n) is 5.04. The lowest BCUT2D eigenvalue weighted by atomic mass is 10.2. The third kappa shape index (κ3) is 2.33. The van der Waals surface area contributed by atoms with Gasteiger partial charge in [0.15, 0.2) is 11.2 Å². The lowest BCUT2D eigenvalue weighted by Crippen LogP contribution is -2.37. The number of aromatic nitrogens is 6. The molecule has 140 valence electrons. The van der Waals surface area contributed by atoms with Crippen molar-refractivity contribution in [2.75, 3.05) is 0 Å². The SMILES string of the molecule is Cc1sc2nc(C(C)n3cnc4c3c(=O)n(C)c(=O)n4C)[nH]c(=O)c2c1C. The van der Waals surface area contributed by atoms with E-state index in [0.29, 0.717) is 21.7 Å². The second-order valence-corrected chi connectivity index (χ2v) is 7.82. The zero-order valence-electron chi connectivity index (χ0n) is 15.5. The summed E-state index contributed by atoms with van der Waals surface area (Å²) >= 11 is 1.47. The third-order valence-corrected chi connectivity index (χ3v) is 6.14. The van der Waals surface area contributed by atoms with Gasteiger partial charge in [-0.3, -0.25) is 18.7 Å². The second-order valence-electron chi connectivity index (χ2n) is 6.62. The molecule has 1 atom stereocenters. The van der Waals surface area contributed by atoms with Gasteiger partial charge in [0.1, 0.15) is 10.7 Å². The van der Waals surface area contributed by atoms with Gasteiger partial charge in [-0.1, -0.05) is 0 Å². The van der Waals surface area contributed by atoms with Gasteiger partial charge in [-0.05, 0) is 26.3 Å².